The summed E-state index contributed by atoms with van der Waals surface area (Å²) in [5.41, 5.74) is 4.02. The molecule has 4 rings (SSSR count). The smallest absolute Gasteiger partial charge is 0.263 e. The van der Waals surface area contributed by atoms with Gasteiger partial charge in [-0.05, 0) is 61.7 Å². The fraction of sp³-hybridized carbons (Fsp3) is 0.250. The number of carbonyl (C=O) groups excluding carboxylic acids is 1. The molecule has 160 valence electrons. The molecule has 0 fully saturated rings. The van der Waals surface area contributed by atoms with E-state index in [1.165, 1.54) is 11.3 Å². The van der Waals surface area contributed by atoms with Crippen molar-refractivity contribution in [2.75, 3.05) is 20.8 Å². The Labute approximate surface area is 185 Å². The number of hydrogen-bond acceptors (Lipinski definition) is 5. The maximum absolute atomic E-state index is 13.2. The van der Waals surface area contributed by atoms with Crippen molar-refractivity contribution in [3.05, 3.63) is 70.5 Å². The van der Waals surface area contributed by atoms with Crippen LogP contribution in [0.3, 0.4) is 0 Å². The molecule has 0 saturated carbocycles. The van der Waals surface area contributed by atoms with Crippen molar-refractivity contribution in [3.63, 3.8) is 0 Å². The first-order chi connectivity index (χ1) is 15.0. The summed E-state index contributed by atoms with van der Waals surface area (Å²) >= 11 is 1.44. The highest BCUT2D eigenvalue weighted by molar-refractivity contribution is 7.21. The van der Waals surface area contributed by atoms with Gasteiger partial charge < -0.3 is 19.4 Å². The first-order valence-electron chi connectivity index (χ1n) is 10.0. The number of methoxy groups -OCH3 is 2. The third-order valence-corrected chi connectivity index (χ3v) is 6.25. The third-order valence-electron chi connectivity index (χ3n) is 5.18. The summed E-state index contributed by atoms with van der Waals surface area (Å²) in [5.74, 6) is 1.28. The van der Waals surface area contributed by atoms with Gasteiger partial charge in [0.25, 0.3) is 5.91 Å². The highest BCUT2D eigenvalue weighted by Gasteiger charge is 2.22. The summed E-state index contributed by atoms with van der Waals surface area (Å²) in [6.45, 7) is 4.55. The molecule has 0 bridgehead atoms. The summed E-state index contributed by atoms with van der Waals surface area (Å²) in [7, 11) is 3.23. The number of hydrogen-bond donors (Lipinski definition) is 1. The standard InChI is InChI=1S/C24H25N3O3S/c1-15-13-16(2)26-24-20(15)21(27-11-5-6-12-27)22(31-24)23(28)25-10-9-17-7-8-18(29-3)19(14-17)30-4/h5-8,11-14H,9-10H2,1-4H3,(H,25,28). The molecule has 31 heavy (non-hydrogen) atoms. The van der Waals surface area contributed by atoms with Gasteiger partial charge in [0.2, 0.25) is 0 Å². The van der Waals surface area contributed by atoms with Crippen molar-refractivity contribution in [2.24, 2.45) is 0 Å². The van der Waals surface area contributed by atoms with Crippen LogP contribution in [0.4, 0.5) is 0 Å². The highest BCUT2D eigenvalue weighted by Crippen LogP contribution is 2.36. The number of amides is 1. The number of aromatic nitrogens is 2. The number of aryl methyl sites for hydroxylation is 2. The van der Waals surface area contributed by atoms with Gasteiger partial charge in [0.15, 0.2) is 11.5 Å². The van der Waals surface area contributed by atoms with Crippen molar-refractivity contribution in [3.8, 4) is 17.2 Å². The van der Waals surface area contributed by atoms with E-state index in [9.17, 15) is 4.79 Å². The van der Waals surface area contributed by atoms with Crippen molar-refractivity contribution in [1.29, 1.82) is 0 Å². The van der Waals surface area contributed by atoms with Gasteiger partial charge in [0, 0.05) is 30.0 Å². The van der Waals surface area contributed by atoms with Gasteiger partial charge in [0.1, 0.15) is 9.71 Å². The van der Waals surface area contributed by atoms with Crippen LogP contribution >= 0.6 is 11.3 Å². The molecule has 7 heteroatoms. The van der Waals surface area contributed by atoms with Gasteiger partial charge in [-0.3, -0.25) is 4.79 Å². The first kappa shape index (κ1) is 20.9. The van der Waals surface area contributed by atoms with Crippen molar-refractivity contribution in [2.45, 2.75) is 20.3 Å². The summed E-state index contributed by atoms with van der Waals surface area (Å²) in [6, 6.07) is 11.8. The van der Waals surface area contributed by atoms with Gasteiger partial charge in [-0.25, -0.2) is 4.98 Å². The molecule has 3 heterocycles. The SMILES string of the molecule is COc1ccc(CCNC(=O)c2sc3nc(C)cc(C)c3c2-n2cccc2)cc1OC. The van der Waals surface area contributed by atoms with E-state index >= 15 is 0 Å². The van der Waals surface area contributed by atoms with E-state index in [1.807, 2.05) is 54.2 Å². The number of rotatable bonds is 7. The number of nitrogens with zero attached hydrogens (tertiary/aromatic N) is 2. The number of nitrogens with one attached hydrogen (secondary N) is 1. The molecule has 0 aliphatic heterocycles. The Kier molecular flexibility index (Phi) is 5.95. The van der Waals surface area contributed by atoms with E-state index in [2.05, 4.69) is 23.3 Å². The fourth-order valence-electron chi connectivity index (χ4n) is 3.74. The summed E-state index contributed by atoms with van der Waals surface area (Å²) in [4.78, 5) is 19.4. The quantitative estimate of drug-likeness (QED) is 0.457. The Balaban J connectivity index is 1.58. The minimum Gasteiger partial charge on any atom is -0.493 e. The number of pyridine rings is 1. The average molecular weight is 436 g/mol. The number of benzene rings is 1. The van der Waals surface area contributed by atoms with Gasteiger partial charge in [-0.15, -0.1) is 11.3 Å². The van der Waals surface area contributed by atoms with Crippen LogP contribution < -0.4 is 14.8 Å². The normalized spacial score (nSPS) is 11.0. The topological polar surface area (TPSA) is 65.4 Å². The van der Waals surface area contributed by atoms with E-state index in [1.54, 1.807) is 14.2 Å². The number of ether oxygens (including phenoxy) is 2. The molecule has 0 atom stereocenters. The molecule has 0 saturated heterocycles. The summed E-state index contributed by atoms with van der Waals surface area (Å²) in [6.07, 6.45) is 4.61. The Morgan fingerprint density at radius 2 is 1.84 bits per heavy atom. The number of fused-ring (bicyclic) bond motifs is 1. The molecular weight excluding hydrogens is 410 g/mol. The summed E-state index contributed by atoms with van der Waals surface area (Å²) < 4.78 is 12.6. The molecule has 0 aliphatic rings. The van der Waals surface area contributed by atoms with Gasteiger partial charge >= 0.3 is 0 Å². The Morgan fingerprint density at radius 3 is 2.55 bits per heavy atom. The zero-order valence-electron chi connectivity index (χ0n) is 18.1. The van der Waals surface area contributed by atoms with Crippen molar-refractivity contribution in [1.82, 2.24) is 14.9 Å². The fourth-order valence-corrected chi connectivity index (χ4v) is 4.96. The lowest BCUT2D eigenvalue weighted by Crippen LogP contribution is -2.25. The van der Waals surface area contributed by atoms with Crippen molar-refractivity contribution >= 4 is 27.5 Å². The van der Waals surface area contributed by atoms with Crippen LogP contribution in [0.25, 0.3) is 15.9 Å². The van der Waals surface area contributed by atoms with E-state index < -0.39 is 0 Å². The van der Waals surface area contributed by atoms with E-state index in [0.29, 0.717) is 29.3 Å². The van der Waals surface area contributed by atoms with E-state index in [-0.39, 0.29) is 5.91 Å². The van der Waals surface area contributed by atoms with Crippen LogP contribution in [0.2, 0.25) is 0 Å². The minimum atomic E-state index is -0.0933. The zero-order chi connectivity index (χ0) is 22.0. The largest absolute Gasteiger partial charge is 0.493 e. The second kappa shape index (κ2) is 8.81. The molecular formula is C24H25N3O3S. The minimum absolute atomic E-state index is 0.0933. The Bertz CT molecular complexity index is 1230. The van der Waals surface area contributed by atoms with E-state index in [4.69, 9.17) is 9.47 Å². The predicted octanol–water partition coefficient (Wildman–Crippen LogP) is 4.69. The van der Waals surface area contributed by atoms with Crippen LogP contribution in [-0.2, 0) is 6.42 Å². The monoisotopic (exact) mass is 435 g/mol. The maximum atomic E-state index is 13.2. The van der Waals surface area contributed by atoms with Crippen LogP contribution in [0.15, 0.2) is 48.8 Å². The molecule has 1 N–H and O–H groups in total. The Morgan fingerprint density at radius 1 is 1.10 bits per heavy atom. The second-order valence-electron chi connectivity index (χ2n) is 7.33. The molecule has 3 aromatic heterocycles. The van der Waals surface area contributed by atoms with E-state index in [0.717, 1.165) is 32.7 Å². The molecule has 1 aromatic carbocycles. The Hall–Kier alpha value is -3.32. The average Bonchev–Trinajstić information content (AvgIpc) is 3.41. The van der Waals surface area contributed by atoms with Gasteiger partial charge in [0.05, 0.1) is 19.9 Å². The lowest BCUT2D eigenvalue weighted by molar-refractivity contribution is 0.0958. The highest BCUT2D eigenvalue weighted by atomic mass is 32.1. The lowest BCUT2D eigenvalue weighted by atomic mass is 10.1. The third kappa shape index (κ3) is 4.14. The predicted molar refractivity (Wildman–Crippen MR) is 124 cm³/mol. The molecule has 0 unspecified atom stereocenters. The van der Waals surface area contributed by atoms with Crippen molar-refractivity contribution < 1.29 is 14.3 Å². The lowest BCUT2D eigenvalue weighted by Gasteiger charge is -2.11. The van der Waals surface area contributed by atoms with Gasteiger partial charge in [-0.1, -0.05) is 6.07 Å². The molecule has 1 amide bonds. The molecule has 0 radical (unpaired) electrons. The molecule has 6 nitrogen and oxygen atoms in total. The maximum Gasteiger partial charge on any atom is 0.263 e. The second-order valence-corrected chi connectivity index (χ2v) is 8.33. The van der Waals surface area contributed by atoms with Crippen LogP contribution in [0.1, 0.15) is 26.5 Å². The van der Waals surface area contributed by atoms with Crippen LogP contribution in [0, 0.1) is 13.8 Å². The summed E-state index contributed by atoms with van der Waals surface area (Å²) in [5, 5.41) is 4.09. The number of carbonyl (C=O) groups is 1. The first-order valence-corrected chi connectivity index (χ1v) is 10.9. The van der Waals surface area contributed by atoms with Gasteiger partial charge in [-0.2, -0.15) is 0 Å². The number of thiophene rings is 1. The zero-order valence-corrected chi connectivity index (χ0v) is 18.9. The molecule has 0 spiro atoms. The molecule has 0 aliphatic carbocycles. The van der Waals surface area contributed by atoms with Crippen LogP contribution in [0.5, 0.6) is 11.5 Å². The molecule has 4 aromatic rings. The van der Waals surface area contributed by atoms with Crippen LogP contribution in [-0.4, -0.2) is 36.2 Å².